The van der Waals surface area contributed by atoms with Crippen LogP contribution in [0.5, 0.6) is 5.75 Å². The predicted molar refractivity (Wildman–Crippen MR) is 73.3 cm³/mol. The molecule has 100 valence electrons. The fourth-order valence-corrected chi connectivity index (χ4v) is 1.98. The normalized spacial score (nSPS) is 16.1. The van der Waals surface area contributed by atoms with Crippen molar-refractivity contribution in [2.24, 2.45) is 5.16 Å². The smallest absolute Gasteiger partial charge is 0.367 e. The molecule has 0 bridgehead atoms. The minimum atomic E-state index is -0.502. The van der Waals surface area contributed by atoms with Gasteiger partial charge in [-0.3, -0.25) is 0 Å². The van der Waals surface area contributed by atoms with Gasteiger partial charge in [-0.05, 0) is 31.9 Å². The standard InChI is InChI=1S/C15H17NO3/c1-5-12(14-11(4)15(17)19-16-14)18-13-7-6-9(2)8-10(13)3/h6-8,12H,4-5H2,1-3H3. The Morgan fingerprint density at radius 1 is 1.42 bits per heavy atom. The first kappa shape index (κ1) is 13.3. The van der Waals surface area contributed by atoms with Crippen LogP contribution in [0.4, 0.5) is 0 Å². The average molecular weight is 259 g/mol. The maximum Gasteiger partial charge on any atom is 0.367 e. The lowest BCUT2D eigenvalue weighted by atomic mass is 10.1. The fourth-order valence-electron chi connectivity index (χ4n) is 1.98. The van der Waals surface area contributed by atoms with E-state index in [1.807, 2.05) is 32.9 Å². The van der Waals surface area contributed by atoms with E-state index >= 15 is 0 Å². The van der Waals surface area contributed by atoms with Crippen LogP contribution in [0.15, 0.2) is 35.5 Å². The number of carbonyl (C=O) groups is 1. The Kier molecular flexibility index (Phi) is 3.69. The summed E-state index contributed by atoms with van der Waals surface area (Å²) in [6.07, 6.45) is 0.363. The molecule has 1 aliphatic heterocycles. The highest BCUT2D eigenvalue weighted by Gasteiger charge is 2.30. The zero-order chi connectivity index (χ0) is 14.0. The van der Waals surface area contributed by atoms with E-state index in [1.54, 1.807) is 0 Å². The van der Waals surface area contributed by atoms with Crippen LogP contribution in [0.3, 0.4) is 0 Å². The molecule has 0 amide bonds. The molecule has 19 heavy (non-hydrogen) atoms. The summed E-state index contributed by atoms with van der Waals surface area (Å²) in [4.78, 5) is 15.9. The van der Waals surface area contributed by atoms with E-state index in [0.29, 0.717) is 12.1 Å². The third-order valence-electron chi connectivity index (χ3n) is 3.06. The molecule has 0 fully saturated rings. The van der Waals surface area contributed by atoms with Gasteiger partial charge in [-0.15, -0.1) is 0 Å². The lowest BCUT2D eigenvalue weighted by Crippen LogP contribution is -2.27. The van der Waals surface area contributed by atoms with E-state index in [-0.39, 0.29) is 11.7 Å². The Morgan fingerprint density at radius 3 is 2.68 bits per heavy atom. The van der Waals surface area contributed by atoms with Crippen LogP contribution < -0.4 is 4.74 Å². The van der Waals surface area contributed by atoms with Crippen molar-refractivity contribution in [3.8, 4) is 5.75 Å². The molecule has 2 rings (SSSR count). The van der Waals surface area contributed by atoms with Crippen molar-refractivity contribution in [2.75, 3.05) is 0 Å². The van der Waals surface area contributed by atoms with Crippen LogP contribution in [0, 0.1) is 13.8 Å². The van der Waals surface area contributed by atoms with E-state index in [0.717, 1.165) is 11.3 Å². The number of nitrogens with zero attached hydrogens (tertiary/aromatic N) is 1. The molecule has 1 aromatic carbocycles. The summed E-state index contributed by atoms with van der Waals surface area (Å²) >= 11 is 0. The zero-order valence-electron chi connectivity index (χ0n) is 11.4. The van der Waals surface area contributed by atoms with Gasteiger partial charge in [0.05, 0.1) is 5.57 Å². The average Bonchev–Trinajstić information content (AvgIpc) is 2.70. The van der Waals surface area contributed by atoms with Crippen LogP contribution >= 0.6 is 0 Å². The molecule has 0 radical (unpaired) electrons. The number of oxime groups is 1. The second-order valence-electron chi connectivity index (χ2n) is 4.62. The topological polar surface area (TPSA) is 47.9 Å². The minimum Gasteiger partial charge on any atom is -0.484 e. The lowest BCUT2D eigenvalue weighted by molar-refractivity contribution is -0.136. The van der Waals surface area contributed by atoms with Gasteiger partial charge in [0.25, 0.3) is 0 Å². The highest BCUT2D eigenvalue weighted by molar-refractivity contribution is 6.23. The third-order valence-corrected chi connectivity index (χ3v) is 3.06. The molecule has 1 heterocycles. The highest BCUT2D eigenvalue weighted by Crippen LogP contribution is 2.23. The monoisotopic (exact) mass is 259 g/mol. The number of hydrogen-bond donors (Lipinski definition) is 0. The molecule has 0 aliphatic carbocycles. The molecule has 1 unspecified atom stereocenters. The van der Waals surface area contributed by atoms with E-state index in [2.05, 4.69) is 22.6 Å². The van der Waals surface area contributed by atoms with Crippen LogP contribution in [-0.2, 0) is 9.63 Å². The molecule has 0 aromatic heterocycles. The quantitative estimate of drug-likeness (QED) is 0.617. The molecule has 0 spiro atoms. The maximum absolute atomic E-state index is 11.3. The summed E-state index contributed by atoms with van der Waals surface area (Å²) in [6, 6.07) is 5.96. The van der Waals surface area contributed by atoms with Crippen LogP contribution in [0.1, 0.15) is 24.5 Å². The van der Waals surface area contributed by atoms with Gasteiger partial charge in [-0.1, -0.05) is 36.4 Å². The second kappa shape index (κ2) is 5.26. The van der Waals surface area contributed by atoms with Crippen molar-refractivity contribution in [1.82, 2.24) is 0 Å². The van der Waals surface area contributed by atoms with Crippen LogP contribution in [0.25, 0.3) is 0 Å². The molecular weight excluding hydrogens is 242 g/mol. The molecule has 4 heteroatoms. The fraction of sp³-hybridized carbons (Fsp3) is 0.333. The van der Waals surface area contributed by atoms with E-state index in [9.17, 15) is 4.79 Å². The van der Waals surface area contributed by atoms with Gasteiger partial charge in [-0.2, -0.15) is 0 Å². The van der Waals surface area contributed by atoms with Gasteiger partial charge in [0.15, 0.2) is 0 Å². The Morgan fingerprint density at radius 2 is 2.16 bits per heavy atom. The molecule has 1 aliphatic rings. The Labute approximate surface area is 112 Å². The van der Waals surface area contributed by atoms with Crippen LogP contribution in [-0.4, -0.2) is 17.8 Å². The molecule has 4 nitrogen and oxygen atoms in total. The van der Waals surface area contributed by atoms with Gasteiger partial charge in [0.2, 0.25) is 0 Å². The largest absolute Gasteiger partial charge is 0.484 e. The number of rotatable bonds is 4. The summed E-state index contributed by atoms with van der Waals surface area (Å²) in [7, 11) is 0. The lowest BCUT2D eigenvalue weighted by Gasteiger charge is -2.18. The zero-order valence-corrected chi connectivity index (χ0v) is 11.4. The number of hydrogen-bond acceptors (Lipinski definition) is 4. The highest BCUT2D eigenvalue weighted by atomic mass is 16.7. The van der Waals surface area contributed by atoms with Gasteiger partial charge in [-0.25, -0.2) is 4.79 Å². The first-order chi connectivity index (χ1) is 9.02. The predicted octanol–water partition coefficient (Wildman–Crippen LogP) is 2.93. The SMILES string of the molecule is C=C1C(=O)ON=C1C(CC)Oc1ccc(C)cc1C. The second-order valence-corrected chi connectivity index (χ2v) is 4.62. The first-order valence-electron chi connectivity index (χ1n) is 6.25. The summed E-state index contributed by atoms with van der Waals surface area (Å²) in [6.45, 7) is 9.66. The van der Waals surface area contributed by atoms with E-state index in [1.165, 1.54) is 5.56 Å². The summed E-state index contributed by atoms with van der Waals surface area (Å²) < 4.78 is 5.93. The molecular formula is C15H17NO3. The van der Waals surface area contributed by atoms with E-state index in [4.69, 9.17) is 4.74 Å². The van der Waals surface area contributed by atoms with Crippen molar-refractivity contribution in [3.63, 3.8) is 0 Å². The Hall–Kier alpha value is -2.10. The van der Waals surface area contributed by atoms with Crippen LogP contribution in [0.2, 0.25) is 0 Å². The van der Waals surface area contributed by atoms with Gasteiger partial charge in [0, 0.05) is 0 Å². The summed E-state index contributed by atoms with van der Waals surface area (Å²) in [5.41, 5.74) is 2.98. The van der Waals surface area contributed by atoms with Crippen molar-refractivity contribution >= 4 is 11.7 Å². The molecule has 1 atom stereocenters. The van der Waals surface area contributed by atoms with Crippen molar-refractivity contribution in [3.05, 3.63) is 41.5 Å². The van der Waals surface area contributed by atoms with Crippen molar-refractivity contribution in [1.29, 1.82) is 0 Å². The van der Waals surface area contributed by atoms with E-state index < -0.39 is 5.97 Å². The molecule has 0 saturated carbocycles. The number of benzene rings is 1. The molecule has 0 saturated heterocycles. The Bertz CT molecular complexity index is 561. The Balaban J connectivity index is 2.20. The summed E-state index contributed by atoms with van der Waals surface area (Å²) in [5, 5.41) is 3.75. The van der Waals surface area contributed by atoms with Gasteiger partial charge >= 0.3 is 5.97 Å². The number of aryl methyl sites for hydroxylation is 2. The molecule has 1 aromatic rings. The molecule has 0 N–H and O–H groups in total. The number of ether oxygens (including phenoxy) is 1. The van der Waals surface area contributed by atoms with Gasteiger partial charge in [0.1, 0.15) is 17.6 Å². The number of carbonyl (C=O) groups excluding carboxylic acids is 1. The van der Waals surface area contributed by atoms with Crippen molar-refractivity contribution < 1.29 is 14.4 Å². The summed E-state index contributed by atoms with van der Waals surface area (Å²) in [5.74, 6) is 0.282. The maximum atomic E-state index is 11.3. The first-order valence-corrected chi connectivity index (χ1v) is 6.25. The van der Waals surface area contributed by atoms with Gasteiger partial charge < -0.3 is 9.57 Å². The third kappa shape index (κ3) is 2.67. The minimum absolute atomic E-state index is 0.275. The van der Waals surface area contributed by atoms with Crippen molar-refractivity contribution in [2.45, 2.75) is 33.3 Å².